The molecule has 0 unspecified atom stereocenters. The van der Waals surface area contributed by atoms with Crippen molar-refractivity contribution in [2.24, 2.45) is 0 Å². The molecule has 2 aromatic rings. The number of hydrogen-bond donors (Lipinski definition) is 2. The normalized spacial score (nSPS) is 11.3. The number of esters is 2. The average Bonchev–Trinajstić information content (AvgIpc) is 2.72. The number of aromatic nitrogens is 2. The van der Waals surface area contributed by atoms with Gasteiger partial charge >= 0.3 is 11.9 Å². The first-order chi connectivity index (χ1) is 13.8. The van der Waals surface area contributed by atoms with Gasteiger partial charge in [-0.25, -0.2) is 28.0 Å². The van der Waals surface area contributed by atoms with E-state index >= 15 is 0 Å². The second kappa shape index (κ2) is 9.50. The zero-order valence-corrected chi connectivity index (χ0v) is 16.5. The van der Waals surface area contributed by atoms with Gasteiger partial charge in [0.1, 0.15) is 17.8 Å². The van der Waals surface area contributed by atoms with Crippen molar-refractivity contribution < 1.29 is 32.2 Å². The Bertz CT molecular complexity index is 1020. The summed E-state index contributed by atoms with van der Waals surface area (Å²) in [5.74, 6) is -1.33. The Labute approximate surface area is 166 Å². The topological polar surface area (TPSA) is 146 Å². The molecule has 0 aliphatic carbocycles. The van der Waals surface area contributed by atoms with Crippen LogP contribution < -0.4 is 14.8 Å². The number of nitrogens with zero attached hydrogens (tertiary/aromatic N) is 2. The zero-order chi connectivity index (χ0) is 21.4. The number of rotatable bonds is 8. The van der Waals surface area contributed by atoms with Crippen molar-refractivity contribution in [3.8, 4) is 5.88 Å². The number of hydrogen-bond acceptors (Lipinski definition) is 10. The molecule has 0 fully saturated rings. The third-order valence-corrected chi connectivity index (χ3v) is 4.77. The molecular formula is C17H18N4O7S. The summed E-state index contributed by atoms with van der Waals surface area (Å²) in [6, 6.07) is 6.74. The fourth-order valence-electron chi connectivity index (χ4n) is 2.01. The van der Waals surface area contributed by atoms with Crippen LogP contribution in [-0.2, 0) is 29.1 Å². The van der Waals surface area contributed by atoms with Crippen LogP contribution >= 0.6 is 0 Å². The predicted octanol–water partition coefficient (Wildman–Crippen LogP) is 0.928. The molecule has 1 heterocycles. The van der Waals surface area contributed by atoms with Gasteiger partial charge in [-0.3, -0.25) is 4.72 Å². The number of nitrogens with one attached hydrogen (secondary N) is 2. The monoisotopic (exact) mass is 422 g/mol. The molecule has 29 heavy (non-hydrogen) atoms. The standard InChI is InChI=1S/C17H18N4O7S/c1-26-15-9-14(18-10-19-15)21-29(24,25)12-6-4-11(5-7-12)20-13(17(23)28-3)8-16(22)27-2/h4-10,20H,1-3H3,(H,18,19,21)/b13-8+. The third-order valence-electron chi connectivity index (χ3n) is 3.40. The highest BCUT2D eigenvalue weighted by Gasteiger charge is 2.17. The third kappa shape index (κ3) is 5.90. The Morgan fingerprint density at radius 3 is 2.31 bits per heavy atom. The molecule has 154 valence electrons. The highest BCUT2D eigenvalue weighted by atomic mass is 32.2. The van der Waals surface area contributed by atoms with Crippen LogP contribution in [0.25, 0.3) is 0 Å². The molecule has 0 aliphatic heterocycles. The fourth-order valence-corrected chi connectivity index (χ4v) is 3.01. The van der Waals surface area contributed by atoms with Gasteiger partial charge in [-0.1, -0.05) is 0 Å². The Morgan fingerprint density at radius 1 is 1.03 bits per heavy atom. The molecule has 11 nitrogen and oxygen atoms in total. The lowest BCUT2D eigenvalue weighted by molar-refractivity contribution is -0.138. The quantitative estimate of drug-likeness (QED) is 0.465. The summed E-state index contributed by atoms with van der Waals surface area (Å²) in [6.07, 6.45) is 2.08. The summed E-state index contributed by atoms with van der Waals surface area (Å²) in [6.45, 7) is 0. The Balaban J connectivity index is 2.20. The minimum absolute atomic E-state index is 0.0352. The molecule has 12 heteroatoms. The van der Waals surface area contributed by atoms with Crippen molar-refractivity contribution in [1.82, 2.24) is 9.97 Å². The Kier molecular flexibility index (Phi) is 7.09. The van der Waals surface area contributed by atoms with E-state index in [0.29, 0.717) is 5.69 Å². The van der Waals surface area contributed by atoms with E-state index in [9.17, 15) is 18.0 Å². The Morgan fingerprint density at radius 2 is 1.72 bits per heavy atom. The maximum absolute atomic E-state index is 12.5. The first-order valence-corrected chi connectivity index (χ1v) is 9.41. The van der Waals surface area contributed by atoms with E-state index in [1.165, 1.54) is 37.4 Å². The van der Waals surface area contributed by atoms with E-state index in [2.05, 4.69) is 29.5 Å². The average molecular weight is 422 g/mol. The molecule has 0 atom stereocenters. The van der Waals surface area contributed by atoms with Gasteiger partial charge in [0, 0.05) is 11.8 Å². The summed E-state index contributed by atoms with van der Waals surface area (Å²) in [5.41, 5.74) is 0.161. The molecule has 0 bridgehead atoms. The summed E-state index contributed by atoms with van der Waals surface area (Å²) in [4.78, 5) is 30.7. The summed E-state index contributed by atoms with van der Waals surface area (Å²) in [7, 11) is -0.227. The van der Waals surface area contributed by atoms with E-state index in [1.54, 1.807) is 0 Å². The van der Waals surface area contributed by atoms with Crippen molar-refractivity contribution in [3.63, 3.8) is 0 Å². The number of anilines is 2. The molecule has 2 N–H and O–H groups in total. The number of benzene rings is 1. The molecule has 0 aliphatic rings. The number of carbonyl (C=O) groups is 2. The molecule has 0 spiro atoms. The fraction of sp³-hybridized carbons (Fsp3) is 0.176. The minimum atomic E-state index is -3.93. The number of sulfonamides is 1. The van der Waals surface area contributed by atoms with E-state index in [-0.39, 0.29) is 22.3 Å². The summed E-state index contributed by atoms with van der Waals surface area (Å²) >= 11 is 0. The second-order valence-corrected chi connectivity index (χ2v) is 6.96. The van der Waals surface area contributed by atoms with Gasteiger partial charge in [0.2, 0.25) is 5.88 Å². The first kappa shape index (κ1) is 21.6. The van der Waals surface area contributed by atoms with E-state index in [0.717, 1.165) is 26.6 Å². The van der Waals surface area contributed by atoms with Crippen molar-refractivity contribution in [3.05, 3.63) is 48.4 Å². The molecule has 1 aromatic heterocycles. The van der Waals surface area contributed by atoms with Gasteiger partial charge in [0.05, 0.1) is 32.3 Å². The van der Waals surface area contributed by atoms with Gasteiger partial charge < -0.3 is 19.5 Å². The maximum Gasteiger partial charge on any atom is 0.354 e. The lowest BCUT2D eigenvalue weighted by atomic mass is 10.3. The van der Waals surface area contributed by atoms with Gasteiger partial charge in [0.25, 0.3) is 10.0 Å². The van der Waals surface area contributed by atoms with E-state index in [4.69, 9.17) is 4.74 Å². The molecule has 1 aromatic carbocycles. The Hall–Kier alpha value is -3.67. The van der Waals surface area contributed by atoms with Crippen LogP contribution in [0, 0.1) is 0 Å². The number of carbonyl (C=O) groups excluding carboxylic acids is 2. The molecule has 0 saturated carbocycles. The first-order valence-electron chi connectivity index (χ1n) is 7.93. The van der Waals surface area contributed by atoms with Gasteiger partial charge in [0.15, 0.2) is 0 Å². The van der Waals surface area contributed by atoms with Gasteiger partial charge in [-0.15, -0.1) is 0 Å². The second-order valence-electron chi connectivity index (χ2n) is 5.27. The van der Waals surface area contributed by atoms with Crippen LogP contribution in [-0.4, -0.2) is 51.7 Å². The maximum atomic E-state index is 12.5. The van der Waals surface area contributed by atoms with Gasteiger partial charge in [-0.05, 0) is 24.3 Å². The number of methoxy groups -OCH3 is 3. The van der Waals surface area contributed by atoms with Crippen LogP contribution in [0.2, 0.25) is 0 Å². The van der Waals surface area contributed by atoms with E-state index < -0.39 is 22.0 Å². The highest BCUT2D eigenvalue weighted by Crippen LogP contribution is 2.19. The van der Waals surface area contributed by atoms with E-state index in [1.807, 2.05) is 0 Å². The van der Waals surface area contributed by atoms with Crippen molar-refractivity contribution in [2.75, 3.05) is 31.4 Å². The van der Waals surface area contributed by atoms with Crippen molar-refractivity contribution in [2.45, 2.75) is 4.90 Å². The molecule has 0 saturated heterocycles. The zero-order valence-electron chi connectivity index (χ0n) is 15.7. The molecule has 2 rings (SSSR count). The summed E-state index contributed by atoms with van der Waals surface area (Å²) in [5, 5.41) is 2.67. The highest BCUT2D eigenvalue weighted by molar-refractivity contribution is 7.92. The number of ether oxygens (including phenoxy) is 3. The molecule has 0 radical (unpaired) electrons. The lowest BCUT2D eigenvalue weighted by Crippen LogP contribution is -2.16. The van der Waals surface area contributed by atoms with Crippen LogP contribution in [0.5, 0.6) is 5.88 Å². The minimum Gasteiger partial charge on any atom is -0.481 e. The largest absolute Gasteiger partial charge is 0.481 e. The van der Waals surface area contributed by atoms with Crippen LogP contribution in [0.3, 0.4) is 0 Å². The van der Waals surface area contributed by atoms with Gasteiger partial charge in [-0.2, -0.15) is 0 Å². The lowest BCUT2D eigenvalue weighted by Gasteiger charge is -2.11. The molecule has 0 amide bonds. The SMILES string of the molecule is COC(=O)/C=C(/Nc1ccc(S(=O)(=O)Nc2cc(OC)ncn2)cc1)C(=O)OC. The predicted molar refractivity (Wildman–Crippen MR) is 102 cm³/mol. The summed E-state index contributed by atoms with van der Waals surface area (Å²) < 4.78 is 41.3. The van der Waals surface area contributed by atoms with Crippen LogP contribution in [0.4, 0.5) is 11.5 Å². The van der Waals surface area contributed by atoms with Crippen LogP contribution in [0.1, 0.15) is 0 Å². The molecular weight excluding hydrogens is 404 g/mol. The smallest absolute Gasteiger partial charge is 0.354 e. The van der Waals surface area contributed by atoms with Crippen LogP contribution in [0.15, 0.2) is 53.3 Å². The van der Waals surface area contributed by atoms with Crippen molar-refractivity contribution in [1.29, 1.82) is 0 Å². The van der Waals surface area contributed by atoms with Crippen molar-refractivity contribution >= 4 is 33.5 Å².